The number of nitrogens with zero attached hydrogens (tertiary/aromatic N) is 2. The monoisotopic (exact) mass is 413 g/mol. The summed E-state index contributed by atoms with van der Waals surface area (Å²) < 4.78 is 6.01. The smallest absolute Gasteiger partial charge is 0.254 e. The number of carbonyl (C=O) groups is 1. The van der Waals surface area contributed by atoms with E-state index in [4.69, 9.17) is 22.1 Å². The Labute approximate surface area is 177 Å². The van der Waals surface area contributed by atoms with Crippen molar-refractivity contribution in [3.8, 4) is 11.5 Å². The Hall–Kier alpha value is -2.08. The fraction of sp³-hybridized carbons (Fsp3) is 0.435. The van der Waals surface area contributed by atoms with Gasteiger partial charge in [0.1, 0.15) is 11.5 Å². The summed E-state index contributed by atoms with van der Waals surface area (Å²) in [6, 6.07) is 11.7. The summed E-state index contributed by atoms with van der Waals surface area (Å²) in [5.41, 5.74) is 8.50. The van der Waals surface area contributed by atoms with Gasteiger partial charge in [-0.05, 0) is 73.7 Å². The third-order valence-corrected chi connectivity index (χ3v) is 6.16. The third-order valence-electron chi connectivity index (χ3n) is 5.91. The molecule has 1 aliphatic heterocycles. The van der Waals surface area contributed by atoms with Gasteiger partial charge < -0.3 is 15.4 Å². The molecule has 0 atom stereocenters. The Morgan fingerprint density at radius 1 is 1.10 bits per heavy atom. The number of hydrogen-bond donors (Lipinski definition) is 1. The summed E-state index contributed by atoms with van der Waals surface area (Å²) in [5, 5.41) is 0.662. The summed E-state index contributed by atoms with van der Waals surface area (Å²) in [5.74, 6) is 1.48. The highest BCUT2D eigenvalue weighted by Gasteiger charge is 2.31. The summed E-state index contributed by atoms with van der Waals surface area (Å²) in [7, 11) is 0. The maximum Gasteiger partial charge on any atom is 0.254 e. The van der Waals surface area contributed by atoms with Crippen molar-refractivity contribution >= 4 is 17.5 Å². The van der Waals surface area contributed by atoms with E-state index in [2.05, 4.69) is 4.90 Å². The van der Waals surface area contributed by atoms with Crippen molar-refractivity contribution in [2.24, 2.45) is 5.73 Å². The maximum atomic E-state index is 13.3. The molecule has 2 aromatic carbocycles. The fourth-order valence-corrected chi connectivity index (χ4v) is 4.18. The predicted octanol–water partition coefficient (Wildman–Crippen LogP) is 4.21. The second kappa shape index (κ2) is 8.74. The summed E-state index contributed by atoms with van der Waals surface area (Å²) in [6.45, 7) is 5.89. The molecule has 154 valence electrons. The van der Waals surface area contributed by atoms with Crippen molar-refractivity contribution in [1.29, 1.82) is 0 Å². The fourth-order valence-electron chi connectivity index (χ4n) is 4.05. The van der Waals surface area contributed by atoms with Gasteiger partial charge in [0.25, 0.3) is 5.91 Å². The van der Waals surface area contributed by atoms with Crippen molar-refractivity contribution < 1.29 is 9.53 Å². The van der Waals surface area contributed by atoms with Crippen molar-refractivity contribution in [3.05, 3.63) is 58.1 Å². The van der Waals surface area contributed by atoms with Crippen LogP contribution in [0.1, 0.15) is 40.7 Å². The van der Waals surface area contributed by atoms with Gasteiger partial charge >= 0.3 is 0 Å². The number of carbonyl (C=O) groups excluding carboxylic acids is 1. The van der Waals surface area contributed by atoms with E-state index in [1.165, 1.54) is 12.8 Å². The van der Waals surface area contributed by atoms with E-state index in [1.807, 2.05) is 36.1 Å². The first kappa shape index (κ1) is 20.2. The highest BCUT2D eigenvalue weighted by atomic mass is 35.5. The number of hydrogen-bond acceptors (Lipinski definition) is 4. The highest BCUT2D eigenvalue weighted by Crippen LogP contribution is 2.31. The number of ether oxygens (including phenoxy) is 1. The van der Waals surface area contributed by atoms with E-state index in [0.29, 0.717) is 28.6 Å². The molecule has 29 heavy (non-hydrogen) atoms. The van der Waals surface area contributed by atoms with Gasteiger partial charge in [0.15, 0.2) is 0 Å². The van der Waals surface area contributed by atoms with E-state index in [-0.39, 0.29) is 5.91 Å². The van der Waals surface area contributed by atoms with Crippen LogP contribution >= 0.6 is 11.6 Å². The van der Waals surface area contributed by atoms with Crippen LogP contribution in [0, 0.1) is 6.92 Å². The van der Waals surface area contributed by atoms with Gasteiger partial charge in [-0.15, -0.1) is 0 Å². The molecule has 1 amide bonds. The van der Waals surface area contributed by atoms with Gasteiger partial charge in [0, 0.05) is 49.4 Å². The molecule has 6 heteroatoms. The first-order valence-electron chi connectivity index (χ1n) is 10.4. The molecule has 0 aromatic heterocycles. The van der Waals surface area contributed by atoms with Crippen LogP contribution in [0.15, 0.2) is 36.4 Å². The molecule has 0 bridgehead atoms. The normalized spacial score (nSPS) is 17.8. The van der Waals surface area contributed by atoms with Gasteiger partial charge in [-0.3, -0.25) is 9.69 Å². The summed E-state index contributed by atoms with van der Waals surface area (Å²) >= 11 is 5.95. The SMILES string of the molecule is Cc1c(Oc2ccc(Cl)cc2)ccc(C(=O)N2CCCN(C3CC3)CC2)c1CN. The molecule has 1 heterocycles. The largest absolute Gasteiger partial charge is 0.457 e. The average Bonchev–Trinajstić information content (AvgIpc) is 3.57. The molecule has 1 aliphatic carbocycles. The van der Waals surface area contributed by atoms with E-state index in [1.54, 1.807) is 12.1 Å². The highest BCUT2D eigenvalue weighted by molar-refractivity contribution is 6.30. The predicted molar refractivity (Wildman–Crippen MR) is 116 cm³/mol. The molecular weight excluding hydrogens is 386 g/mol. The van der Waals surface area contributed by atoms with Crippen LogP contribution in [-0.4, -0.2) is 47.9 Å². The number of rotatable bonds is 5. The molecule has 0 spiro atoms. The topological polar surface area (TPSA) is 58.8 Å². The van der Waals surface area contributed by atoms with Crippen LogP contribution in [0.2, 0.25) is 5.02 Å². The molecule has 1 saturated heterocycles. The van der Waals surface area contributed by atoms with Crippen molar-refractivity contribution in [2.45, 2.75) is 38.8 Å². The van der Waals surface area contributed by atoms with E-state index in [0.717, 1.165) is 49.8 Å². The Morgan fingerprint density at radius 3 is 2.55 bits per heavy atom. The van der Waals surface area contributed by atoms with Crippen molar-refractivity contribution in [1.82, 2.24) is 9.80 Å². The van der Waals surface area contributed by atoms with Gasteiger partial charge in [0.2, 0.25) is 0 Å². The van der Waals surface area contributed by atoms with Crippen LogP contribution in [0.5, 0.6) is 11.5 Å². The minimum Gasteiger partial charge on any atom is -0.457 e. The molecular formula is C23H28ClN3O2. The number of nitrogens with two attached hydrogens (primary N) is 1. The second-order valence-electron chi connectivity index (χ2n) is 7.89. The minimum atomic E-state index is 0.0734. The lowest BCUT2D eigenvalue weighted by Crippen LogP contribution is -2.36. The van der Waals surface area contributed by atoms with Gasteiger partial charge in [-0.25, -0.2) is 0 Å². The van der Waals surface area contributed by atoms with Crippen LogP contribution in [0.25, 0.3) is 0 Å². The zero-order valence-corrected chi connectivity index (χ0v) is 17.6. The maximum absolute atomic E-state index is 13.3. The van der Waals surface area contributed by atoms with Gasteiger partial charge in [-0.2, -0.15) is 0 Å². The van der Waals surface area contributed by atoms with E-state index >= 15 is 0 Å². The molecule has 0 radical (unpaired) electrons. The van der Waals surface area contributed by atoms with E-state index in [9.17, 15) is 4.79 Å². The van der Waals surface area contributed by atoms with Gasteiger partial charge in [0.05, 0.1) is 0 Å². The molecule has 5 nitrogen and oxygen atoms in total. The Balaban J connectivity index is 1.52. The zero-order chi connectivity index (χ0) is 20.4. The lowest BCUT2D eigenvalue weighted by atomic mass is 9.99. The number of halogens is 1. The molecule has 2 aliphatic rings. The summed E-state index contributed by atoms with van der Waals surface area (Å²) in [6.07, 6.45) is 3.63. The quantitative estimate of drug-likeness (QED) is 0.797. The third kappa shape index (κ3) is 4.58. The van der Waals surface area contributed by atoms with Crippen LogP contribution in [-0.2, 0) is 6.54 Å². The lowest BCUT2D eigenvalue weighted by molar-refractivity contribution is 0.0759. The van der Waals surface area contributed by atoms with Crippen LogP contribution in [0.3, 0.4) is 0 Å². The Kier molecular flexibility index (Phi) is 6.09. The van der Waals surface area contributed by atoms with E-state index < -0.39 is 0 Å². The molecule has 4 rings (SSSR count). The Morgan fingerprint density at radius 2 is 1.86 bits per heavy atom. The Bertz CT molecular complexity index is 880. The molecule has 2 aromatic rings. The molecule has 2 N–H and O–H groups in total. The summed E-state index contributed by atoms with van der Waals surface area (Å²) in [4.78, 5) is 17.8. The second-order valence-corrected chi connectivity index (χ2v) is 8.32. The van der Waals surface area contributed by atoms with Gasteiger partial charge in [-0.1, -0.05) is 11.6 Å². The molecule has 0 unspecified atom stereocenters. The molecule has 2 fully saturated rings. The first-order chi connectivity index (χ1) is 14.1. The average molecular weight is 414 g/mol. The number of benzene rings is 2. The first-order valence-corrected chi connectivity index (χ1v) is 10.7. The minimum absolute atomic E-state index is 0.0734. The molecule has 1 saturated carbocycles. The number of amides is 1. The van der Waals surface area contributed by atoms with Crippen molar-refractivity contribution in [3.63, 3.8) is 0 Å². The van der Waals surface area contributed by atoms with Crippen LogP contribution < -0.4 is 10.5 Å². The zero-order valence-electron chi connectivity index (χ0n) is 16.9. The van der Waals surface area contributed by atoms with Crippen molar-refractivity contribution in [2.75, 3.05) is 26.2 Å². The standard InChI is InChI=1S/C23H28ClN3O2/c1-16-21(15-25)20(9-10-22(16)29-19-7-3-17(24)4-8-19)23(28)27-12-2-11-26(13-14-27)18-5-6-18/h3-4,7-10,18H,2,5-6,11-15,25H2,1H3. The van der Waals surface area contributed by atoms with Crippen LogP contribution in [0.4, 0.5) is 0 Å². The lowest BCUT2D eigenvalue weighted by Gasteiger charge is -2.24.